The monoisotopic (exact) mass is 500 g/mol. The topological polar surface area (TPSA) is 43.3 Å². The number of carbonyl (C=O) groups excluding carboxylic acids is 1. The highest BCUT2D eigenvalue weighted by Gasteiger charge is 2.30. The van der Waals surface area contributed by atoms with Gasteiger partial charge in [0.15, 0.2) is 0 Å². The van der Waals surface area contributed by atoms with E-state index in [1.165, 1.54) is 12.1 Å². The van der Waals surface area contributed by atoms with Crippen LogP contribution in [-0.2, 0) is 25.7 Å². The fourth-order valence-corrected chi connectivity index (χ4v) is 5.00. The number of rotatable bonds is 4. The third-order valence-electron chi connectivity index (χ3n) is 6.88. The van der Waals surface area contributed by atoms with Gasteiger partial charge in [0.2, 0.25) is 0 Å². The molecule has 2 heterocycles. The molecule has 0 fully saturated rings. The summed E-state index contributed by atoms with van der Waals surface area (Å²) >= 11 is 0. The second-order valence-electron chi connectivity index (χ2n) is 9.22. The Morgan fingerprint density at radius 2 is 1.70 bits per heavy atom. The van der Waals surface area contributed by atoms with Gasteiger partial charge in [-0.25, -0.2) is 0 Å². The van der Waals surface area contributed by atoms with Gasteiger partial charge in [-0.1, -0.05) is 42.5 Å². The second-order valence-corrected chi connectivity index (χ2v) is 9.22. The zero-order valence-electron chi connectivity index (χ0n) is 19.8. The molecule has 7 heteroatoms. The smallest absolute Gasteiger partial charge is 0.416 e. The molecule has 186 valence electrons. The van der Waals surface area contributed by atoms with Crippen molar-refractivity contribution in [2.75, 3.05) is 6.54 Å². The minimum Gasteiger partial charge on any atom is -0.489 e. The Labute approximate surface area is 211 Å². The molecule has 0 saturated carbocycles. The molecular formula is C30H23F3N2O2. The molecule has 6 rings (SSSR count). The van der Waals surface area contributed by atoms with Crippen molar-refractivity contribution in [2.24, 2.45) is 0 Å². The Hall–Kier alpha value is -4.10. The molecule has 0 spiro atoms. The van der Waals surface area contributed by atoms with Crippen LogP contribution in [0.25, 0.3) is 21.7 Å². The lowest BCUT2D eigenvalue weighted by atomic mass is 10.0. The number of fused-ring (bicyclic) bond motifs is 4. The lowest BCUT2D eigenvalue weighted by Gasteiger charge is -2.16. The average molecular weight is 501 g/mol. The van der Waals surface area contributed by atoms with Gasteiger partial charge >= 0.3 is 6.18 Å². The highest BCUT2D eigenvalue weighted by Crippen LogP contribution is 2.33. The zero-order chi connectivity index (χ0) is 25.6. The van der Waals surface area contributed by atoms with Gasteiger partial charge < -0.3 is 10.1 Å². The lowest BCUT2D eigenvalue weighted by molar-refractivity contribution is -0.137. The van der Waals surface area contributed by atoms with E-state index in [-0.39, 0.29) is 12.5 Å². The van der Waals surface area contributed by atoms with Gasteiger partial charge in [-0.15, -0.1) is 0 Å². The molecule has 1 N–H and O–H groups in total. The fraction of sp³-hybridized carbons (Fsp3) is 0.167. The number of nitrogens with one attached hydrogen (secondary N) is 1. The number of hydrogen-bond acceptors (Lipinski definition) is 3. The molecule has 1 aliphatic heterocycles. The van der Waals surface area contributed by atoms with Crippen LogP contribution in [0.4, 0.5) is 13.2 Å². The Morgan fingerprint density at radius 3 is 2.49 bits per heavy atom. The van der Waals surface area contributed by atoms with Gasteiger partial charge in [0.25, 0.3) is 5.91 Å². The van der Waals surface area contributed by atoms with E-state index in [9.17, 15) is 18.0 Å². The van der Waals surface area contributed by atoms with Crippen LogP contribution in [0.15, 0.2) is 84.9 Å². The molecule has 0 atom stereocenters. The van der Waals surface area contributed by atoms with Crippen LogP contribution in [-0.4, -0.2) is 17.0 Å². The van der Waals surface area contributed by atoms with Crippen LogP contribution in [0.1, 0.15) is 32.7 Å². The number of halogens is 3. The van der Waals surface area contributed by atoms with Crippen LogP contribution < -0.4 is 10.1 Å². The summed E-state index contributed by atoms with van der Waals surface area (Å²) < 4.78 is 46.2. The predicted molar refractivity (Wildman–Crippen MR) is 137 cm³/mol. The minimum atomic E-state index is -4.37. The van der Waals surface area contributed by atoms with E-state index in [0.717, 1.165) is 58.0 Å². The summed E-state index contributed by atoms with van der Waals surface area (Å²) in [4.78, 5) is 13.8. The van der Waals surface area contributed by atoms with E-state index in [2.05, 4.69) is 5.32 Å². The first-order chi connectivity index (χ1) is 17.9. The normalized spacial score (nSPS) is 13.6. The van der Waals surface area contributed by atoms with Crippen molar-refractivity contribution in [1.29, 1.82) is 0 Å². The van der Waals surface area contributed by atoms with Gasteiger partial charge in [0.1, 0.15) is 12.4 Å². The quantitative estimate of drug-likeness (QED) is 0.298. The Bertz CT molecular complexity index is 1640. The number of carbonyl (C=O) groups is 1. The number of aromatic nitrogens is 1. The first-order valence-electron chi connectivity index (χ1n) is 12.1. The third kappa shape index (κ3) is 4.36. The number of nitrogens with zero attached hydrogens (tertiary/aromatic N) is 1. The molecule has 0 aliphatic carbocycles. The molecule has 5 aromatic rings. The minimum absolute atomic E-state index is 0.0841. The zero-order valence-corrected chi connectivity index (χ0v) is 19.8. The highest BCUT2D eigenvalue weighted by atomic mass is 19.4. The summed E-state index contributed by atoms with van der Waals surface area (Å²) in [6, 6.07) is 24.3. The SMILES string of the molecule is O=C(c1ccc2ccccc2c1)n1c2c(c3cc(OCc4ccc(C(F)(F)F)cc4)ccc31)CCNC2. The van der Waals surface area contributed by atoms with Gasteiger partial charge in [-0.2, -0.15) is 13.2 Å². The average Bonchev–Trinajstić information content (AvgIpc) is 3.24. The predicted octanol–water partition coefficient (Wildman–Crippen LogP) is 6.73. The van der Waals surface area contributed by atoms with Gasteiger partial charge in [0.05, 0.1) is 11.1 Å². The molecule has 0 bridgehead atoms. The van der Waals surface area contributed by atoms with Crippen LogP contribution in [0, 0.1) is 0 Å². The van der Waals surface area contributed by atoms with E-state index >= 15 is 0 Å². The molecule has 4 aromatic carbocycles. The summed E-state index contributed by atoms with van der Waals surface area (Å²) in [6.45, 7) is 1.54. The first kappa shape index (κ1) is 23.3. The van der Waals surface area contributed by atoms with Crippen molar-refractivity contribution in [3.8, 4) is 5.75 Å². The molecule has 37 heavy (non-hydrogen) atoms. The van der Waals surface area contributed by atoms with E-state index in [4.69, 9.17) is 4.74 Å². The van der Waals surface area contributed by atoms with Crippen molar-refractivity contribution in [2.45, 2.75) is 25.7 Å². The highest BCUT2D eigenvalue weighted by molar-refractivity contribution is 6.06. The van der Waals surface area contributed by atoms with Crippen molar-refractivity contribution in [3.63, 3.8) is 0 Å². The molecule has 0 radical (unpaired) electrons. The molecule has 0 amide bonds. The van der Waals surface area contributed by atoms with E-state index in [0.29, 0.717) is 23.4 Å². The van der Waals surface area contributed by atoms with E-state index in [1.807, 2.05) is 54.6 Å². The summed E-state index contributed by atoms with van der Waals surface area (Å²) in [6.07, 6.45) is -3.58. The molecule has 1 aromatic heterocycles. The summed E-state index contributed by atoms with van der Waals surface area (Å²) in [5.41, 5.74) is 3.45. The second kappa shape index (κ2) is 9.09. The first-order valence-corrected chi connectivity index (χ1v) is 12.1. The Kier molecular flexibility index (Phi) is 5.72. The van der Waals surface area contributed by atoms with Gasteiger partial charge in [-0.3, -0.25) is 9.36 Å². The van der Waals surface area contributed by atoms with Crippen LogP contribution in [0.3, 0.4) is 0 Å². The summed E-state index contributed by atoms with van der Waals surface area (Å²) in [7, 11) is 0. The maximum atomic E-state index is 13.8. The fourth-order valence-electron chi connectivity index (χ4n) is 5.00. The lowest BCUT2D eigenvalue weighted by Crippen LogP contribution is -2.27. The van der Waals surface area contributed by atoms with Crippen LogP contribution in [0.5, 0.6) is 5.75 Å². The van der Waals surface area contributed by atoms with Crippen LogP contribution >= 0.6 is 0 Å². The molecule has 0 unspecified atom stereocenters. The summed E-state index contributed by atoms with van der Waals surface area (Å²) in [5.74, 6) is 0.517. The number of benzene rings is 4. The van der Waals surface area contributed by atoms with Crippen molar-refractivity contribution in [1.82, 2.24) is 9.88 Å². The van der Waals surface area contributed by atoms with Crippen molar-refractivity contribution in [3.05, 3.63) is 113 Å². The molecule has 1 aliphatic rings. The molecule has 4 nitrogen and oxygen atoms in total. The number of hydrogen-bond donors (Lipinski definition) is 1. The van der Waals surface area contributed by atoms with E-state index in [1.54, 1.807) is 10.6 Å². The number of ether oxygens (including phenoxy) is 1. The Morgan fingerprint density at radius 1 is 0.919 bits per heavy atom. The third-order valence-corrected chi connectivity index (χ3v) is 6.88. The molecular weight excluding hydrogens is 477 g/mol. The Balaban J connectivity index is 1.33. The largest absolute Gasteiger partial charge is 0.489 e. The van der Waals surface area contributed by atoms with Gasteiger partial charge in [-0.05, 0) is 77.3 Å². The van der Waals surface area contributed by atoms with Crippen molar-refractivity contribution < 1.29 is 22.7 Å². The van der Waals surface area contributed by atoms with Gasteiger partial charge in [0, 0.05) is 23.2 Å². The van der Waals surface area contributed by atoms with Crippen molar-refractivity contribution >= 4 is 27.6 Å². The standard InChI is InChI=1S/C30H23F3N2O2/c31-30(32,33)23-9-5-19(6-10-23)18-37-24-11-12-27-26(16-24)25-13-14-34-17-28(25)35(27)29(36)22-8-7-20-3-1-2-4-21(20)15-22/h1-12,15-16,34H,13-14,17-18H2. The number of alkyl halides is 3. The van der Waals surface area contributed by atoms with E-state index < -0.39 is 11.7 Å². The molecule has 0 saturated heterocycles. The maximum absolute atomic E-state index is 13.8. The maximum Gasteiger partial charge on any atom is 0.416 e. The summed E-state index contributed by atoms with van der Waals surface area (Å²) in [5, 5.41) is 6.41. The van der Waals surface area contributed by atoms with Crippen LogP contribution in [0.2, 0.25) is 0 Å².